The SMILES string of the molecule is CC[C@H](C)N1CCN(C(=O)c2ccc(OC)c(OC)c2)CC1. The minimum atomic E-state index is 0.0600. The summed E-state index contributed by atoms with van der Waals surface area (Å²) in [6.07, 6.45) is 1.14. The first-order chi connectivity index (χ1) is 10.6. The predicted octanol–water partition coefficient (Wildman–Crippen LogP) is 2.26. The highest BCUT2D eigenvalue weighted by molar-refractivity contribution is 5.95. The first-order valence-electron chi connectivity index (χ1n) is 7.86. The fourth-order valence-electron chi connectivity index (χ4n) is 2.78. The Morgan fingerprint density at radius 2 is 1.77 bits per heavy atom. The van der Waals surface area contributed by atoms with Crippen LogP contribution in [0, 0.1) is 0 Å². The third-order valence-electron chi connectivity index (χ3n) is 4.45. The van der Waals surface area contributed by atoms with Gasteiger partial charge < -0.3 is 14.4 Å². The normalized spacial score (nSPS) is 17.2. The van der Waals surface area contributed by atoms with Gasteiger partial charge in [0.2, 0.25) is 0 Å². The third-order valence-corrected chi connectivity index (χ3v) is 4.45. The molecule has 0 unspecified atom stereocenters. The highest BCUT2D eigenvalue weighted by Gasteiger charge is 2.24. The van der Waals surface area contributed by atoms with Crippen molar-refractivity contribution >= 4 is 5.91 Å². The number of amides is 1. The van der Waals surface area contributed by atoms with Crippen LogP contribution >= 0.6 is 0 Å². The van der Waals surface area contributed by atoms with E-state index < -0.39 is 0 Å². The maximum atomic E-state index is 12.6. The monoisotopic (exact) mass is 306 g/mol. The number of piperazine rings is 1. The average molecular weight is 306 g/mol. The first kappa shape index (κ1) is 16.6. The molecule has 2 rings (SSSR count). The summed E-state index contributed by atoms with van der Waals surface area (Å²) in [6, 6.07) is 5.91. The van der Waals surface area contributed by atoms with Crippen LogP contribution in [0.15, 0.2) is 18.2 Å². The van der Waals surface area contributed by atoms with Crippen molar-refractivity contribution in [1.29, 1.82) is 0 Å². The molecule has 1 amide bonds. The lowest BCUT2D eigenvalue weighted by atomic mass is 10.1. The van der Waals surface area contributed by atoms with E-state index in [1.807, 2.05) is 4.90 Å². The molecule has 1 aliphatic rings. The second kappa shape index (κ2) is 7.49. The van der Waals surface area contributed by atoms with E-state index in [1.165, 1.54) is 0 Å². The van der Waals surface area contributed by atoms with Gasteiger partial charge in [0, 0.05) is 37.8 Å². The van der Waals surface area contributed by atoms with Crippen molar-refractivity contribution in [2.24, 2.45) is 0 Å². The number of carbonyl (C=O) groups is 1. The van der Waals surface area contributed by atoms with Crippen LogP contribution in [0.2, 0.25) is 0 Å². The van der Waals surface area contributed by atoms with Gasteiger partial charge in [-0.2, -0.15) is 0 Å². The molecule has 0 spiro atoms. The van der Waals surface area contributed by atoms with E-state index in [-0.39, 0.29) is 5.91 Å². The van der Waals surface area contributed by atoms with Crippen molar-refractivity contribution < 1.29 is 14.3 Å². The molecule has 0 saturated carbocycles. The molecule has 122 valence electrons. The number of carbonyl (C=O) groups excluding carboxylic acids is 1. The molecule has 1 fully saturated rings. The molecule has 22 heavy (non-hydrogen) atoms. The van der Waals surface area contributed by atoms with Gasteiger partial charge >= 0.3 is 0 Å². The Kier molecular flexibility index (Phi) is 5.66. The molecule has 1 saturated heterocycles. The summed E-state index contributed by atoms with van der Waals surface area (Å²) in [4.78, 5) is 17.0. The number of benzene rings is 1. The Hall–Kier alpha value is -1.75. The molecule has 0 aromatic heterocycles. The minimum Gasteiger partial charge on any atom is -0.493 e. The Morgan fingerprint density at radius 3 is 2.32 bits per heavy atom. The molecule has 1 heterocycles. The molecule has 1 aromatic carbocycles. The van der Waals surface area contributed by atoms with E-state index in [0.29, 0.717) is 23.1 Å². The molecule has 1 aliphatic heterocycles. The van der Waals surface area contributed by atoms with Crippen LogP contribution in [-0.2, 0) is 0 Å². The standard InChI is InChI=1S/C17H26N2O3/c1-5-13(2)18-8-10-19(11-9-18)17(20)14-6-7-15(21-3)16(12-14)22-4/h6-7,12-13H,5,8-11H2,1-4H3/t13-/m0/s1. The fraction of sp³-hybridized carbons (Fsp3) is 0.588. The average Bonchev–Trinajstić information content (AvgIpc) is 2.59. The highest BCUT2D eigenvalue weighted by atomic mass is 16.5. The first-order valence-corrected chi connectivity index (χ1v) is 7.86. The molecule has 0 N–H and O–H groups in total. The van der Waals surface area contributed by atoms with Crippen LogP contribution in [0.25, 0.3) is 0 Å². The van der Waals surface area contributed by atoms with Gasteiger partial charge in [0.25, 0.3) is 5.91 Å². The maximum absolute atomic E-state index is 12.6. The van der Waals surface area contributed by atoms with Gasteiger partial charge in [-0.15, -0.1) is 0 Å². The Balaban J connectivity index is 2.04. The van der Waals surface area contributed by atoms with E-state index in [1.54, 1.807) is 32.4 Å². The Bertz CT molecular complexity index is 511. The van der Waals surface area contributed by atoms with E-state index in [4.69, 9.17) is 9.47 Å². The van der Waals surface area contributed by atoms with E-state index in [2.05, 4.69) is 18.7 Å². The number of hydrogen-bond donors (Lipinski definition) is 0. The van der Waals surface area contributed by atoms with Crippen LogP contribution < -0.4 is 9.47 Å². The van der Waals surface area contributed by atoms with Gasteiger partial charge in [0.05, 0.1) is 14.2 Å². The summed E-state index contributed by atoms with van der Waals surface area (Å²) < 4.78 is 10.5. The third kappa shape index (κ3) is 3.53. The van der Waals surface area contributed by atoms with Gasteiger partial charge in [0.1, 0.15) is 0 Å². The lowest BCUT2D eigenvalue weighted by Gasteiger charge is -2.37. The van der Waals surface area contributed by atoms with Crippen LogP contribution in [0.5, 0.6) is 11.5 Å². The molecule has 0 bridgehead atoms. The Morgan fingerprint density at radius 1 is 1.14 bits per heavy atom. The van der Waals surface area contributed by atoms with Crippen LogP contribution in [0.3, 0.4) is 0 Å². The number of hydrogen-bond acceptors (Lipinski definition) is 4. The van der Waals surface area contributed by atoms with E-state index in [9.17, 15) is 4.79 Å². The summed E-state index contributed by atoms with van der Waals surface area (Å²) in [5, 5.41) is 0. The fourth-order valence-corrected chi connectivity index (χ4v) is 2.78. The molecule has 5 nitrogen and oxygen atoms in total. The van der Waals surface area contributed by atoms with Gasteiger partial charge in [-0.05, 0) is 31.5 Å². The van der Waals surface area contributed by atoms with Crippen molar-refractivity contribution in [3.8, 4) is 11.5 Å². The lowest BCUT2D eigenvalue weighted by molar-refractivity contribution is 0.0579. The van der Waals surface area contributed by atoms with Crippen molar-refractivity contribution in [3.05, 3.63) is 23.8 Å². The Labute approximate surface area is 132 Å². The van der Waals surface area contributed by atoms with Crippen LogP contribution in [0.1, 0.15) is 30.6 Å². The molecule has 1 atom stereocenters. The zero-order chi connectivity index (χ0) is 16.1. The topological polar surface area (TPSA) is 42.0 Å². The second-order valence-corrected chi connectivity index (χ2v) is 5.66. The zero-order valence-electron chi connectivity index (χ0n) is 14.0. The summed E-state index contributed by atoms with van der Waals surface area (Å²) in [6.45, 7) is 7.87. The summed E-state index contributed by atoms with van der Waals surface area (Å²) in [5.41, 5.74) is 0.648. The summed E-state index contributed by atoms with van der Waals surface area (Å²) >= 11 is 0. The molecule has 5 heteroatoms. The molecule has 0 radical (unpaired) electrons. The number of rotatable bonds is 5. The maximum Gasteiger partial charge on any atom is 0.254 e. The van der Waals surface area contributed by atoms with Crippen molar-refractivity contribution in [2.45, 2.75) is 26.3 Å². The number of methoxy groups -OCH3 is 2. The van der Waals surface area contributed by atoms with Gasteiger partial charge in [-0.25, -0.2) is 0 Å². The summed E-state index contributed by atoms with van der Waals surface area (Å²) in [7, 11) is 3.17. The van der Waals surface area contributed by atoms with Gasteiger partial charge in [-0.1, -0.05) is 6.92 Å². The smallest absolute Gasteiger partial charge is 0.254 e. The molecule has 0 aliphatic carbocycles. The van der Waals surface area contributed by atoms with Crippen molar-refractivity contribution in [1.82, 2.24) is 9.80 Å². The quantitative estimate of drug-likeness (QED) is 0.837. The largest absolute Gasteiger partial charge is 0.493 e. The molecular weight excluding hydrogens is 280 g/mol. The lowest BCUT2D eigenvalue weighted by Crippen LogP contribution is -2.51. The molecule has 1 aromatic rings. The van der Waals surface area contributed by atoms with Gasteiger partial charge in [-0.3, -0.25) is 9.69 Å². The van der Waals surface area contributed by atoms with E-state index >= 15 is 0 Å². The van der Waals surface area contributed by atoms with Crippen LogP contribution in [0.4, 0.5) is 0 Å². The van der Waals surface area contributed by atoms with Crippen molar-refractivity contribution in [3.63, 3.8) is 0 Å². The number of nitrogens with zero attached hydrogens (tertiary/aromatic N) is 2. The number of ether oxygens (including phenoxy) is 2. The highest BCUT2D eigenvalue weighted by Crippen LogP contribution is 2.28. The second-order valence-electron chi connectivity index (χ2n) is 5.66. The van der Waals surface area contributed by atoms with Crippen molar-refractivity contribution in [2.75, 3.05) is 40.4 Å². The van der Waals surface area contributed by atoms with E-state index in [0.717, 1.165) is 32.6 Å². The molecular formula is C17H26N2O3. The predicted molar refractivity (Wildman–Crippen MR) is 86.8 cm³/mol. The van der Waals surface area contributed by atoms with Gasteiger partial charge in [0.15, 0.2) is 11.5 Å². The zero-order valence-corrected chi connectivity index (χ0v) is 14.0. The summed E-state index contributed by atoms with van der Waals surface area (Å²) in [5.74, 6) is 1.29. The minimum absolute atomic E-state index is 0.0600. The van der Waals surface area contributed by atoms with Crippen LogP contribution in [-0.4, -0.2) is 62.1 Å².